The van der Waals surface area contributed by atoms with E-state index in [1.54, 1.807) is 23.1 Å². The normalized spacial score (nSPS) is 14.4. The molecule has 1 N–H and O–H groups in total. The summed E-state index contributed by atoms with van der Waals surface area (Å²) in [4.78, 5) is 3.97. The predicted molar refractivity (Wildman–Crippen MR) is 84.7 cm³/mol. The summed E-state index contributed by atoms with van der Waals surface area (Å²) in [6.07, 6.45) is 4.05. The van der Waals surface area contributed by atoms with Crippen molar-refractivity contribution in [3.63, 3.8) is 0 Å². The second-order valence-electron chi connectivity index (χ2n) is 5.52. The zero-order valence-electron chi connectivity index (χ0n) is 12.1. The molecule has 0 radical (unpaired) electrons. The highest BCUT2D eigenvalue weighted by atomic mass is 35.5. The second kappa shape index (κ2) is 7.25. The van der Waals surface area contributed by atoms with E-state index in [4.69, 9.17) is 23.2 Å². The third-order valence-corrected chi connectivity index (χ3v) is 3.97. The average molecular weight is 328 g/mol. The van der Waals surface area contributed by atoms with Crippen LogP contribution in [0.4, 0.5) is 0 Å². The molecule has 0 spiro atoms. The summed E-state index contributed by atoms with van der Waals surface area (Å²) in [5.74, 6) is 0.525. The van der Waals surface area contributed by atoms with Gasteiger partial charge in [0.05, 0.1) is 6.10 Å². The van der Waals surface area contributed by atoms with Crippen LogP contribution in [0.25, 0.3) is 0 Å². The Morgan fingerprint density at radius 3 is 2.57 bits per heavy atom. The van der Waals surface area contributed by atoms with Crippen LogP contribution in [0.5, 0.6) is 0 Å². The van der Waals surface area contributed by atoms with Gasteiger partial charge in [-0.1, -0.05) is 43.1 Å². The van der Waals surface area contributed by atoms with Gasteiger partial charge in [0.25, 0.3) is 0 Å². The SMILES string of the molecule is CC(C)CCC(O)C(c1ccc(Cl)cc1Cl)n1cncn1. The van der Waals surface area contributed by atoms with Gasteiger partial charge in [0.1, 0.15) is 18.7 Å². The summed E-state index contributed by atoms with van der Waals surface area (Å²) >= 11 is 12.2. The molecule has 2 aromatic rings. The van der Waals surface area contributed by atoms with Crippen molar-refractivity contribution in [1.82, 2.24) is 14.8 Å². The first-order chi connectivity index (χ1) is 9.99. The smallest absolute Gasteiger partial charge is 0.137 e. The molecule has 0 aliphatic heterocycles. The first kappa shape index (κ1) is 16.3. The number of hydrogen-bond donors (Lipinski definition) is 1. The number of nitrogens with zero attached hydrogens (tertiary/aromatic N) is 3. The molecular formula is C15H19Cl2N3O. The predicted octanol–water partition coefficient (Wildman–Crippen LogP) is 3.97. The lowest BCUT2D eigenvalue weighted by Crippen LogP contribution is -2.26. The van der Waals surface area contributed by atoms with Crippen molar-refractivity contribution < 1.29 is 5.11 Å². The number of benzene rings is 1. The van der Waals surface area contributed by atoms with Crippen molar-refractivity contribution in [3.05, 3.63) is 46.5 Å². The van der Waals surface area contributed by atoms with E-state index in [1.807, 2.05) is 6.07 Å². The van der Waals surface area contributed by atoms with E-state index in [1.165, 1.54) is 6.33 Å². The van der Waals surface area contributed by atoms with Crippen LogP contribution < -0.4 is 0 Å². The summed E-state index contributed by atoms with van der Waals surface area (Å²) in [6, 6.07) is 4.91. The van der Waals surface area contributed by atoms with Crippen molar-refractivity contribution in [3.8, 4) is 0 Å². The molecule has 0 saturated heterocycles. The molecule has 1 aromatic carbocycles. The van der Waals surface area contributed by atoms with Crippen molar-refractivity contribution in [1.29, 1.82) is 0 Å². The van der Waals surface area contributed by atoms with Gasteiger partial charge >= 0.3 is 0 Å². The third kappa shape index (κ3) is 4.19. The molecule has 0 aliphatic rings. The Hall–Kier alpha value is -1.10. The molecule has 2 rings (SSSR count). The van der Waals surface area contributed by atoms with Gasteiger partial charge in [-0.3, -0.25) is 0 Å². The number of aromatic nitrogens is 3. The molecule has 0 fully saturated rings. The molecule has 21 heavy (non-hydrogen) atoms. The van der Waals surface area contributed by atoms with E-state index < -0.39 is 6.10 Å². The Morgan fingerprint density at radius 2 is 2.00 bits per heavy atom. The van der Waals surface area contributed by atoms with E-state index in [9.17, 15) is 5.11 Å². The number of aliphatic hydroxyl groups excluding tert-OH is 1. The lowest BCUT2D eigenvalue weighted by atomic mass is 9.95. The van der Waals surface area contributed by atoms with Gasteiger partial charge in [0, 0.05) is 10.0 Å². The molecule has 1 aromatic heterocycles. The van der Waals surface area contributed by atoms with Crippen molar-refractivity contribution >= 4 is 23.2 Å². The van der Waals surface area contributed by atoms with Gasteiger partial charge in [-0.15, -0.1) is 0 Å². The highest BCUT2D eigenvalue weighted by molar-refractivity contribution is 6.35. The lowest BCUT2D eigenvalue weighted by Gasteiger charge is -2.25. The molecule has 0 saturated carbocycles. The first-order valence-electron chi connectivity index (χ1n) is 6.96. The number of halogens is 2. The van der Waals surface area contributed by atoms with Crippen LogP contribution in [0, 0.1) is 5.92 Å². The molecule has 0 amide bonds. The van der Waals surface area contributed by atoms with Gasteiger partial charge in [-0.25, -0.2) is 9.67 Å². The van der Waals surface area contributed by atoms with Crippen LogP contribution >= 0.6 is 23.2 Å². The molecular weight excluding hydrogens is 309 g/mol. The highest BCUT2D eigenvalue weighted by Crippen LogP contribution is 2.32. The lowest BCUT2D eigenvalue weighted by molar-refractivity contribution is 0.109. The third-order valence-electron chi connectivity index (χ3n) is 3.41. The Bertz CT molecular complexity index is 572. The number of aliphatic hydroxyl groups is 1. The van der Waals surface area contributed by atoms with E-state index in [-0.39, 0.29) is 6.04 Å². The summed E-state index contributed by atoms with van der Waals surface area (Å²) in [7, 11) is 0. The Balaban J connectivity index is 2.32. The Kier molecular flexibility index (Phi) is 5.62. The van der Waals surface area contributed by atoms with E-state index in [0.29, 0.717) is 22.4 Å². The minimum atomic E-state index is -0.590. The van der Waals surface area contributed by atoms with Gasteiger partial charge in [0.2, 0.25) is 0 Å². The van der Waals surface area contributed by atoms with Crippen LogP contribution in [0.1, 0.15) is 38.3 Å². The summed E-state index contributed by atoms with van der Waals surface area (Å²) in [6.45, 7) is 4.26. The Labute approximate surface area is 134 Å². The first-order valence-corrected chi connectivity index (χ1v) is 7.71. The quantitative estimate of drug-likeness (QED) is 0.873. The topological polar surface area (TPSA) is 50.9 Å². The molecule has 0 bridgehead atoms. The standard InChI is InChI=1S/C15H19Cl2N3O/c1-10(2)3-6-14(21)15(20-9-18-8-19-20)12-5-4-11(16)7-13(12)17/h4-5,7-10,14-15,21H,3,6H2,1-2H3. The molecule has 4 nitrogen and oxygen atoms in total. The van der Waals surface area contributed by atoms with E-state index in [2.05, 4.69) is 23.9 Å². The fourth-order valence-corrected chi connectivity index (χ4v) is 2.81. The largest absolute Gasteiger partial charge is 0.391 e. The van der Waals surface area contributed by atoms with Crippen molar-refractivity contribution in [2.75, 3.05) is 0 Å². The summed E-state index contributed by atoms with van der Waals surface area (Å²) < 4.78 is 1.64. The maximum Gasteiger partial charge on any atom is 0.137 e. The van der Waals surface area contributed by atoms with Crippen LogP contribution in [0.15, 0.2) is 30.9 Å². The second-order valence-corrected chi connectivity index (χ2v) is 6.37. The molecule has 114 valence electrons. The molecule has 2 atom stereocenters. The zero-order valence-corrected chi connectivity index (χ0v) is 13.6. The fraction of sp³-hybridized carbons (Fsp3) is 0.467. The Morgan fingerprint density at radius 1 is 1.24 bits per heavy atom. The minimum absolute atomic E-state index is 0.365. The van der Waals surface area contributed by atoms with Gasteiger partial charge < -0.3 is 5.11 Å². The number of hydrogen-bond acceptors (Lipinski definition) is 3. The monoisotopic (exact) mass is 327 g/mol. The fourth-order valence-electron chi connectivity index (χ4n) is 2.29. The van der Waals surface area contributed by atoms with E-state index >= 15 is 0 Å². The number of rotatable bonds is 6. The van der Waals surface area contributed by atoms with Crippen LogP contribution in [0.3, 0.4) is 0 Å². The zero-order chi connectivity index (χ0) is 15.4. The van der Waals surface area contributed by atoms with Gasteiger partial charge in [0.15, 0.2) is 0 Å². The van der Waals surface area contributed by atoms with Crippen LogP contribution in [-0.4, -0.2) is 26.0 Å². The minimum Gasteiger partial charge on any atom is -0.391 e. The van der Waals surface area contributed by atoms with Crippen molar-refractivity contribution in [2.24, 2.45) is 5.92 Å². The van der Waals surface area contributed by atoms with Crippen LogP contribution in [0.2, 0.25) is 10.0 Å². The maximum absolute atomic E-state index is 10.6. The highest BCUT2D eigenvalue weighted by Gasteiger charge is 2.26. The molecule has 2 unspecified atom stereocenters. The summed E-state index contributed by atoms with van der Waals surface area (Å²) in [5.41, 5.74) is 0.794. The van der Waals surface area contributed by atoms with Crippen molar-refractivity contribution in [2.45, 2.75) is 38.8 Å². The van der Waals surface area contributed by atoms with Crippen LogP contribution in [-0.2, 0) is 0 Å². The average Bonchev–Trinajstić information content (AvgIpc) is 2.93. The van der Waals surface area contributed by atoms with Gasteiger partial charge in [-0.2, -0.15) is 5.10 Å². The van der Waals surface area contributed by atoms with E-state index in [0.717, 1.165) is 12.0 Å². The maximum atomic E-state index is 10.6. The summed E-state index contributed by atoms with van der Waals surface area (Å²) in [5, 5.41) is 15.8. The molecule has 0 aliphatic carbocycles. The molecule has 6 heteroatoms. The molecule has 1 heterocycles. The van der Waals surface area contributed by atoms with Gasteiger partial charge in [-0.05, 0) is 36.5 Å².